The van der Waals surface area contributed by atoms with Crippen LogP contribution in [0.5, 0.6) is 0 Å². The Bertz CT molecular complexity index is 245. The Morgan fingerprint density at radius 2 is 2.18 bits per heavy atom. The van der Waals surface area contributed by atoms with Gasteiger partial charge in [-0.2, -0.15) is 0 Å². The molecule has 0 aliphatic heterocycles. The van der Waals surface area contributed by atoms with E-state index in [1.807, 2.05) is 18.2 Å². The summed E-state index contributed by atoms with van der Waals surface area (Å²) in [6.45, 7) is 5.07. The number of aryl methyl sites for hydroxylation is 1. The molecule has 0 spiro atoms. The largest absolute Gasteiger partial charge is 0.385 e. The summed E-state index contributed by atoms with van der Waals surface area (Å²) in [6.07, 6.45) is 0. The standard InChI is InChI=1S/C9H12ClN/c1-3-11-9-6-8(10)5-4-7(9)2/h4-6,11H,3H2,1-2H3. The van der Waals surface area contributed by atoms with Gasteiger partial charge in [0.2, 0.25) is 0 Å². The maximum atomic E-state index is 5.81. The SMILES string of the molecule is CCNc1cc(Cl)ccc1C. The van der Waals surface area contributed by atoms with Crippen molar-refractivity contribution in [2.75, 3.05) is 11.9 Å². The van der Waals surface area contributed by atoms with Gasteiger partial charge in [-0.05, 0) is 31.5 Å². The van der Waals surface area contributed by atoms with E-state index in [4.69, 9.17) is 11.6 Å². The number of hydrogen-bond acceptors (Lipinski definition) is 1. The first kappa shape index (κ1) is 8.41. The number of anilines is 1. The van der Waals surface area contributed by atoms with E-state index in [1.165, 1.54) is 5.56 Å². The number of rotatable bonds is 2. The third-order valence-electron chi connectivity index (χ3n) is 1.57. The second-order valence-electron chi connectivity index (χ2n) is 2.49. The van der Waals surface area contributed by atoms with Crippen LogP contribution in [0.15, 0.2) is 18.2 Å². The highest BCUT2D eigenvalue weighted by molar-refractivity contribution is 6.30. The molecular formula is C9H12ClN. The topological polar surface area (TPSA) is 12.0 Å². The van der Waals surface area contributed by atoms with Crippen LogP contribution in [0.1, 0.15) is 12.5 Å². The van der Waals surface area contributed by atoms with Crippen LogP contribution < -0.4 is 5.32 Å². The van der Waals surface area contributed by atoms with Crippen LogP contribution in [0.3, 0.4) is 0 Å². The number of benzene rings is 1. The zero-order chi connectivity index (χ0) is 8.27. The van der Waals surface area contributed by atoms with Crippen LogP contribution in [-0.2, 0) is 0 Å². The van der Waals surface area contributed by atoms with Gasteiger partial charge in [0.1, 0.15) is 0 Å². The Hall–Kier alpha value is -0.690. The van der Waals surface area contributed by atoms with Crippen molar-refractivity contribution in [2.24, 2.45) is 0 Å². The molecule has 0 unspecified atom stereocenters. The molecule has 0 saturated carbocycles. The normalized spacial score (nSPS) is 9.73. The highest BCUT2D eigenvalue weighted by Gasteiger charge is 1.95. The minimum Gasteiger partial charge on any atom is -0.385 e. The number of halogens is 1. The molecule has 1 aromatic rings. The van der Waals surface area contributed by atoms with Gasteiger partial charge in [-0.1, -0.05) is 17.7 Å². The van der Waals surface area contributed by atoms with Gasteiger partial charge in [0.15, 0.2) is 0 Å². The van der Waals surface area contributed by atoms with Crippen LogP contribution in [0.25, 0.3) is 0 Å². The summed E-state index contributed by atoms with van der Waals surface area (Å²) < 4.78 is 0. The summed E-state index contributed by atoms with van der Waals surface area (Å²) in [4.78, 5) is 0. The molecule has 0 saturated heterocycles. The predicted molar refractivity (Wildman–Crippen MR) is 50.4 cm³/mol. The molecule has 2 heteroatoms. The van der Waals surface area contributed by atoms with E-state index in [0.29, 0.717) is 0 Å². The summed E-state index contributed by atoms with van der Waals surface area (Å²) >= 11 is 5.81. The third kappa shape index (κ3) is 2.12. The van der Waals surface area contributed by atoms with Crippen molar-refractivity contribution in [3.63, 3.8) is 0 Å². The smallest absolute Gasteiger partial charge is 0.0426 e. The van der Waals surface area contributed by atoms with Crippen LogP contribution in [-0.4, -0.2) is 6.54 Å². The van der Waals surface area contributed by atoms with E-state index in [-0.39, 0.29) is 0 Å². The fraction of sp³-hybridized carbons (Fsp3) is 0.333. The van der Waals surface area contributed by atoms with E-state index in [0.717, 1.165) is 17.3 Å². The number of hydrogen-bond donors (Lipinski definition) is 1. The zero-order valence-corrected chi connectivity index (χ0v) is 7.57. The lowest BCUT2D eigenvalue weighted by Gasteiger charge is -2.06. The van der Waals surface area contributed by atoms with Crippen LogP contribution >= 0.6 is 11.6 Å². The Morgan fingerprint density at radius 3 is 2.82 bits per heavy atom. The first-order valence-corrected chi connectivity index (χ1v) is 4.12. The predicted octanol–water partition coefficient (Wildman–Crippen LogP) is 3.08. The van der Waals surface area contributed by atoms with E-state index in [9.17, 15) is 0 Å². The lowest BCUT2D eigenvalue weighted by atomic mass is 10.2. The zero-order valence-electron chi connectivity index (χ0n) is 6.82. The lowest BCUT2D eigenvalue weighted by Crippen LogP contribution is -1.97. The average molecular weight is 170 g/mol. The van der Waals surface area contributed by atoms with Crippen molar-refractivity contribution in [3.8, 4) is 0 Å². The first-order valence-electron chi connectivity index (χ1n) is 3.74. The molecular weight excluding hydrogens is 158 g/mol. The van der Waals surface area contributed by atoms with Crippen molar-refractivity contribution in [2.45, 2.75) is 13.8 Å². The summed E-state index contributed by atoms with van der Waals surface area (Å²) in [5.41, 5.74) is 2.36. The molecule has 1 rings (SSSR count). The number of nitrogens with one attached hydrogen (secondary N) is 1. The van der Waals surface area contributed by atoms with E-state index >= 15 is 0 Å². The highest BCUT2D eigenvalue weighted by Crippen LogP contribution is 2.19. The Labute approximate surface area is 72.4 Å². The Balaban J connectivity index is 2.93. The van der Waals surface area contributed by atoms with Gasteiger partial charge < -0.3 is 5.32 Å². The van der Waals surface area contributed by atoms with Gasteiger partial charge in [0.05, 0.1) is 0 Å². The van der Waals surface area contributed by atoms with Crippen molar-refractivity contribution < 1.29 is 0 Å². The van der Waals surface area contributed by atoms with Gasteiger partial charge in [-0.3, -0.25) is 0 Å². The van der Waals surface area contributed by atoms with Gasteiger partial charge in [0.25, 0.3) is 0 Å². The second-order valence-corrected chi connectivity index (χ2v) is 2.93. The molecule has 11 heavy (non-hydrogen) atoms. The monoisotopic (exact) mass is 169 g/mol. The van der Waals surface area contributed by atoms with Crippen LogP contribution in [0.2, 0.25) is 5.02 Å². The summed E-state index contributed by atoms with van der Waals surface area (Å²) in [5.74, 6) is 0. The van der Waals surface area contributed by atoms with E-state index < -0.39 is 0 Å². The first-order chi connectivity index (χ1) is 5.24. The minimum absolute atomic E-state index is 0.784. The molecule has 0 bridgehead atoms. The van der Waals surface area contributed by atoms with Gasteiger partial charge >= 0.3 is 0 Å². The third-order valence-corrected chi connectivity index (χ3v) is 1.80. The minimum atomic E-state index is 0.784. The molecule has 1 nitrogen and oxygen atoms in total. The molecule has 0 amide bonds. The molecule has 0 aliphatic carbocycles. The molecule has 0 heterocycles. The summed E-state index contributed by atoms with van der Waals surface area (Å²) in [5, 5.41) is 4.02. The second kappa shape index (κ2) is 3.63. The van der Waals surface area contributed by atoms with Crippen LogP contribution in [0.4, 0.5) is 5.69 Å². The quantitative estimate of drug-likeness (QED) is 0.718. The summed E-state index contributed by atoms with van der Waals surface area (Å²) in [7, 11) is 0. The van der Waals surface area contributed by atoms with Crippen molar-refractivity contribution in [1.82, 2.24) is 0 Å². The molecule has 0 fully saturated rings. The fourth-order valence-corrected chi connectivity index (χ4v) is 1.15. The molecule has 0 radical (unpaired) electrons. The van der Waals surface area contributed by atoms with Crippen LogP contribution in [0, 0.1) is 6.92 Å². The molecule has 1 N–H and O–H groups in total. The molecule has 0 aromatic heterocycles. The van der Waals surface area contributed by atoms with Gasteiger partial charge in [-0.25, -0.2) is 0 Å². The van der Waals surface area contributed by atoms with E-state index in [2.05, 4.69) is 19.2 Å². The fourth-order valence-electron chi connectivity index (χ4n) is 0.975. The maximum Gasteiger partial charge on any atom is 0.0426 e. The molecule has 0 aliphatic rings. The van der Waals surface area contributed by atoms with E-state index in [1.54, 1.807) is 0 Å². The Morgan fingerprint density at radius 1 is 1.45 bits per heavy atom. The average Bonchev–Trinajstić information content (AvgIpc) is 1.98. The van der Waals surface area contributed by atoms with Gasteiger partial charge in [-0.15, -0.1) is 0 Å². The van der Waals surface area contributed by atoms with Crippen molar-refractivity contribution >= 4 is 17.3 Å². The van der Waals surface area contributed by atoms with Gasteiger partial charge in [0, 0.05) is 17.3 Å². The highest BCUT2D eigenvalue weighted by atomic mass is 35.5. The molecule has 0 atom stereocenters. The maximum absolute atomic E-state index is 5.81. The Kier molecular flexibility index (Phi) is 2.77. The molecule has 60 valence electrons. The molecule has 1 aromatic carbocycles. The van der Waals surface area contributed by atoms with Crippen molar-refractivity contribution in [3.05, 3.63) is 28.8 Å². The lowest BCUT2D eigenvalue weighted by molar-refractivity contribution is 1.20. The summed E-state index contributed by atoms with van der Waals surface area (Å²) in [6, 6.07) is 5.86. The van der Waals surface area contributed by atoms with Crippen molar-refractivity contribution in [1.29, 1.82) is 0 Å².